The van der Waals surface area contributed by atoms with Gasteiger partial charge in [-0.3, -0.25) is 4.79 Å². The van der Waals surface area contributed by atoms with Crippen LogP contribution >= 0.6 is 22.9 Å². The van der Waals surface area contributed by atoms with Gasteiger partial charge in [0.15, 0.2) is 0 Å². The number of carbonyl (C=O) groups is 1. The molecular formula is C20H20ClN5OS. The number of halogens is 1. The molecule has 0 radical (unpaired) electrons. The molecule has 1 fully saturated rings. The summed E-state index contributed by atoms with van der Waals surface area (Å²) in [5.41, 5.74) is 10.9. The maximum absolute atomic E-state index is 13.3. The van der Waals surface area contributed by atoms with Gasteiger partial charge in [-0.25, -0.2) is 15.0 Å². The lowest BCUT2D eigenvalue weighted by molar-refractivity contribution is 0.0611. The van der Waals surface area contributed by atoms with Gasteiger partial charge in [-0.15, -0.1) is 11.3 Å². The molecule has 0 spiro atoms. The van der Waals surface area contributed by atoms with E-state index in [4.69, 9.17) is 17.3 Å². The smallest absolute Gasteiger partial charge is 0.266 e. The van der Waals surface area contributed by atoms with Gasteiger partial charge in [0.05, 0.1) is 22.9 Å². The minimum atomic E-state index is -0.165. The standard InChI is InChI=1S/C20H20ClN5OS/c1-12-18(28-11-24-12)19(27)26-8-3-2-7-16(26)17-15(10-23-20(22)25-17)13-5-4-6-14(21)9-13/h4-6,9-11,16H,2-3,7-8H2,1H3,(H2,22,23,25). The van der Waals surface area contributed by atoms with Crippen molar-refractivity contribution in [2.24, 2.45) is 0 Å². The van der Waals surface area contributed by atoms with Crippen molar-refractivity contribution in [1.29, 1.82) is 0 Å². The second kappa shape index (κ2) is 7.85. The molecule has 1 atom stereocenters. The Morgan fingerprint density at radius 3 is 2.93 bits per heavy atom. The summed E-state index contributed by atoms with van der Waals surface area (Å²) in [6.45, 7) is 2.54. The molecule has 1 aliphatic heterocycles. The second-order valence-corrected chi connectivity index (χ2v) is 8.11. The molecule has 1 amide bonds. The van der Waals surface area contributed by atoms with Gasteiger partial charge < -0.3 is 10.6 Å². The Bertz CT molecular complexity index is 1020. The summed E-state index contributed by atoms with van der Waals surface area (Å²) in [6, 6.07) is 7.39. The molecule has 1 saturated heterocycles. The highest BCUT2D eigenvalue weighted by molar-refractivity contribution is 7.11. The highest BCUT2D eigenvalue weighted by atomic mass is 35.5. The first kappa shape index (κ1) is 18.8. The summed E-state index contributed by atoms with van der Waals surface area (Å²) in [5, 5.41) is 0.636. The van der Waals surface area contributed by atoms with Crippen LogP contribution in [0.3, 0.4) is 0 Å². The summed E-state index contributed by atoms with van der Waals surface area (Å²) >= 11 is 7.57. The molecule has 4 rings (SSSR count). The Labute approximate surface area is 172 Å². The molecule has 3 heterocycles. The number of thiazole rings is 1. The molecule has 2 N–H and O–H groups in total. The van der Waals surface area contributed by atoms with E-state index in [1.807, 2.05) is 36.1 Å². The van der Waals surface area contributed by atoms with E-state index in [1.54, 1.807) is 11.7 Å². The average Bonchev–Trinajstić information content (AvgIpc) is 3.13. The predicted octanol–water partition coefficient (Wildman–Crippen LogP) is 4.51. The van der Waals surface area contributed by atoms with Crippen LogP contribution in [0.4, 0.5) is 5.95 Å². The van der Waals surface area contributed by atoms with Gasteiger partial charge in [0, 0.05) is 23.3 Å². The van der Waals surface area contributed by atoms with Crippen molar-refractivity contribution in [1.82, 2.24) is 19.9 Å². The van der Waals surface area contributed by atoms with Gasteiger partial charge in [-0.05, 0) is 43.9 Å². The fourth-order valence-corrected chi connectivity index (χ4v) is 4.59. The maximum atomic E-state index is 13.3. The number of anilines is 1. The third-order valence-electron chi connectivity index (χ3n) is 4.99. The molecule has 3 aromatic rings. The molecule has 1 unspecified atom stereocenters. The molecule has 144 valence electrons. The van der Waals surface area contributed by atoms with Crippen molar-refractivity contribution < 1.29 is 4.79 Å². The molecule has 2 aromatic heterocycles. The van der Waals surface area contributed by atoms with Crippen molar-refractivity contribution in [2.45, 2.75) is 32.2 Å². The number of rotatable bonds is 3. The van der Waals surface area contributed by atoms with Gasteiger partial charge in [0.1, 0.15) is 4.88 Å². The van der Waals surface area contributed by atoms with E-state index in [-0.39, 0.29) is 17.9 Å². The van der Waals surface area contributed by atoms with Crippen molar-refractivity contribution in [3.05, 3.63) is 57.3 Å². The number of piperidine rings is 1. The molecule has 0 saturated carbocycles. The third-order valence-corrected chi connectivity index (χ3v) is 6.14. The van der Waals surface area contributed by atoms with Crippen LogP contribution in [0.2, 0.25) is 5.02 Å². The zero-order valence-electron chi connectivity index (χ0n) is 15.4. The van der Waals surface area contributed by atoms with Gasteiger partial charge in [0.25, 0.3) is 5.91 Å². The number of amides is 1. The number of nitrogens with two attached hydrogens (primary N) is 1. The molecule has 28 heavy (non-hydrogen) atoms. The Kier molecular flexibility index (Phi) is 5.28. The largest absolute Gasteiger partial charge is 0.368 e. The van der Waals surface area contributed by atoms with Crippen LogP contribution in [0.1, 0.15) is 46.4 Å². The number of benzene rings is 1. The van der Waals surface area contributed by atoms with Crippen molar-refractivity contribution in [3.8, 4) is 11.1 Å². The fraction of sp³-hybridized carbons (Fsp3) is 0.300. The molecule has 1 aliphatic rings. The van der Waals surface area contributed by atoms with Crippen LogP contribution < -0.4 is 5.73 Å². The second-order valence-electron chi connectivity index (χ2n) is 6.81. The van der Waals surface area contributed by atoms with Gasteiger partial charge in [-0.2, -0.15) is 0 Å². The number of aromatic nitrogens is 3. The summed E-state index contributed by atoms with van der Waals surface area (Å²) in [7, 11) is 0. The van der Waals surface area contributed by atoms with E-state index in [0.29, 0.717) is 16.4 Å². The lowest BCUT2D eigenvalue weighted by Crippen LogP contribution is -2.39. The lowest BCUT2D eigenvalue weighted by atomic mass is 9.93. The molecule has 8 heteroatoms. The monoisotopic (exact) mass is 413 g/mol. The van der Waals surface area contributed by atoms with Crippen LogP contribution in [-0.4, -0.2) is 32.3 Å². The zero-order valence-corrected chi connectivity index (χ0v) is 17.0. The van der Waals surface area contributed by atoms with Gasteiger partial charge in [0.2, 0.25) is 5.95 Å². The van der Waals surface area contributed by atoms with Gasteiger partial charge in [-0.1, -0.05) is 23.7 Å². The van der Waals surface area contributed by atoms with E-state index in [0.717, 1.165) is 41.8 Å². The maximum Gasteiger partial charge on any atom is 0.266 e. The number of carbonyl (C=O) groups excluding carboxylic acids is 1. The van der Waals surface area contributed by atoms with E-state index < -0.39 is 0 Å². The fourth-order valence-electron chi connectivity index (χ4n) is 3.64. The number of nitrogen functional groups attached to an aromatic ring is 1. The zero-order chi connectivity index (χ0) is 19.7. The van der Waals surface area contributed by atoms with Crippen LogP contribution in [0.5, 0.6) is 0 Å². The average molecular weight is 414 g/mol. The van der Waals surface area contributed by atoms with E-state index in [1.165, 1.54) is 11.3 Å². The number of nitrogens with zero attached hydrogens (tertiary/aromatic N) is 4. The molecule has 0 bridgehead atoms. The van der Waals surface area contributed by atoms with Crippen LogP contribution in [-0.2, 0) is 0 Å². The lowest BCUT2D eigenvalue weighted by Gasteiger charge is -2.36. The highest BCUT2D eigenvalue weighted by Gasteiger charge is 2.33. The molecular weight excluding hydrogens is 394 g/mol. The van der Waals surface area contributed by atoms with Crippen molar-refractivity contribution >= 4 is 34.8 Å². The number of aryl methyl sites for hydroxylation is 1. The first-order chi connectivity index (χ1) is 13.5. The van der Waals surface area contributed by atoms with E-state index in [9.17, 15) is 4.79 Å². The normalized spacial score (nSPS) is 16.9. The number of likely N-dealkylation sites (tertiary alicyclic amines) is 1. The van der Waals surface area contributed by atoms with Gasteiger partial charge >= 0.3 is 0 Å². The summed E-state index contributed by atoms with van der Waals surface area (Å²) in [6.07, 6.45) is 4.54. The number of hydrogen-bond acceptors (Lipinski definition) is 6. The SMILES string of the molecule is Cc1ncsc1C(=O)N1CCCCC1c1nc(N)ncc1-c1cccc(Cl)c1. The van der Waals surface area contributed by atoms with Crippen LogP contribution in [0, 0.1) is 6.92 Å². The first-order valence-electron chi connectivity index (χ1n) is 9.14. The molecule has 1 aromatic carbocycles. The van der Waals surface area contributed by atoms with Crippen molar-refractivity contribution in [2.75, 3.05) is 12.3 Å². The first-order valence-corrected chi connectivity index (χ1v) is 10.4. The Hall–Kier alpha value is -2.51. The minimum Gasteiger partial charge on any atom is -0.368 e. The molecule has 0 aliphatic carbocycles. The van der Waals surface area contributed by atoms with E-state index >= 15 is 0 Å². The Balaban J connectivity index is 1.79. The quantitative estimate of drug-likeness (QED) is 0.682. The minimum absolute atomic E-state index is 0.000993. The van der Waals surface area contributed by atoms with Crippen molar-refractivity contribution in [3.63, 3.8) is 0 Å². The van der Waals surface area contributed by atoms with Crippen LogP contribution in [0.25, 0.3) is 11.1 Å². The van der Waals surface area contributed by atoms with Crippen LogP contribution in [0.15, 0.2) is 36.0 Å². The summed E-state index contributed by atoms with van der Waals surface area (Å²) < 4.78 is 0. The summed E-state index contributed by atoms with van der Waals surface area (Å²) in [5.74, 6) is 0.201. The Morgan fingerprint density at radius 2 is 2.18 bits per heavy atom. The molecule has 6 nitrogen and oxygen atoms in total. The van der Waals surface area contributed by atoms with E-state index in [2.05, 4.69) is 15.0 Å². The predicted molar refractivity (Wildman–Crippen MR) is 111 cm³/mol. The Morgan fingerprint density at radius 1 is 1.32 bits per heavy atom. The number of hydrogen-bond donors (Lipinski definition) is 1. The summed E-state index contributed by atoms with van der Waals surface area (Å²) in [4.78, 5) is 28.8. The topological polar surface area (TPSA) is 85.0 Å². The highest BCUT2D eigenvalue weighted by Crippen LogP contribution is 2.37. The third kappa shape index (κ3) is 3.59.